The van der Waals surface area contributed by atoms with Crippen LogP contribution < -0.4 is 0 Å². The van der Waals surface area contributed by atoms with Crippen LogP contribution in [0.4, 0.5) is 0 Å². The SMILES string of the molecule is CC1(C)CC2CC(C)(CN2C(=O)c2ccc(C=O)[nH]2)C1. The third-order valence-corrected chi connectivity index (χ3v) is 4.74. The van der Waals surface area contributed by atoms with E-state index in [1.54, 1.807) is 12.1 Å². The fourth-order valence-corrected chi connectivity index (χ4v) is 4.46. The Morgan fingerprint density at radius 2 is 2.10 bits per heavy atom. The second-order valence-corrected chi connectivity index (χ2v) is 7.59. The van der Waals surface area contributed by atoms with Gasteiger partial charge in [0.25, 0.3) is 5.91 Å². The third kappa shape index (κ3) is 2.17. The number of H-pyrrole nitrogens is 1. The van der Waals surface area contributed by atoms with Crippen molar-refractivity contribution in [2.24, 2.45) is 10.8 Å². The number of fused-ring (bicyclic) bond motifs is 2. The van der Waals surface area contributed by atoms with Crippen molar-refractivity contribution in [2.45, 2.75) is 46.1 Å². The van der Waals surface area contributed by atoms with E-state index in [0.717, 1.165) is 25.7 Å². The van der Waals surface area contributed by atoms with Gasteiger partial charge in [0.2, 0.25) is 0 Å². The van der Waals surface area contributed by atoms with Gasteiger partial charge < -0.3 is 9.88 Å². The monoisotopic (exact) mass is 274 g/mol. The Labute approximate surface area is 119 Å². The van der Waals surface area contributed by atoms with Crippen molar-refractivity contribution in [2.75, 3.05) is 6.54 Å². The van der Waals surface area contributed by atoms with Crippen LogP contribution in [0.3, 0.4) is 0 Å². The van der Waals surface area contributed by atoms with Crippen LogP contribution >= 0.6 is 0 Å². The lowest BCUT2D eigenvalue weighted by Gasteiger charge is -2.39. The van der Waals surface area contributed by atoms with Crippen LogP contribution in [0.1, 0.15) is 61.0 Å². The van der Waals surface area contributed by atoms with E-state index in [2.05, 4.69) is 25.8 Å². The molecule has 3 rings (SSSR count). The van der Waals surface area contributed by atoms with Crippen LogP contribution in [-0.4, -0.2) is 34.7 Å². The zero-order valence-electron chi connectivity index (χ0n) is 12.4. The van der Waals surface area contributed by atoms with Gasteiger partial charge in [-0.05, 0) is 42.2 Å². The Morgan fingerprint density at radius 1 is 1.35 bits per heavy atom. The van der Waals surface area contributed by atoms with E-state index >= 15 is 0 Å². The highest BCUT2D eigenvalue weighted by atomic mass is 16.2. The summed E-state index contributed by atoms with van der Waals surface area (Å²) in [7, 11) is 0. The highest BCUT2D eigenvalue weighted by Gasteiger charge is 2.51. The summed E-state index contributed by atoms with van der Waals surface area (Å²) in [5.74, 6) is 0.0320. The summed E-state index contributed by atoms with van der Waals surface area (Å²) in [6.45, 7) is 7.71. The Bertz CT molecular complexity index is 561. The van der Waals surface area contributed by atoms with Gasteiger partial charge in [-0.25, -0.2) is 0 Å². The number of hydrogen-bond donors (Lipinski definition) is 1. The van der Waals surface area contributed by atoms with Crippen molar-refractivity contribution in [3.8, 4) is 0 Å². The minimum absolute atomic E-state index is 0.0320. The molecule has 4 nitrogen and oxygen atoms in total. The molecule has 2 unspecified atom stereocenters. The number of nitrogens with one attached hydrogen (secondary N) is 1. The number of aromatic amines is 1. The summed E-state index contributed by atoms with van der Waals surface area (Å²) < 4.78 is 0. The second-order valence-electron chi connectivity index (χ2n) is 7.59. The van der Waals surface area contributed by atoms with Crippen LogP contribution in [0.2, 0.25) is 0 Å². The predicted molar refractivity (Wildman–Crippen MR) is 76.7 cm³/mol. The zero-order valence-corrected chi connectivity index (χ0v) is 12.4. The Hall–Kier alpha value is -1.58. The lowest BCUT2D eigenvalue weighted by Crippen LogP contribution is -2.37. The number of hydrogen-bond acceptors (Lipinski definition) is 2. The van der Waals surface area contributed by atoms with E-state index in [0.29, 0.717) is 22.8 Å². The molecule has 0 spiro atoms. The van der Waals surface area contributed by atoms with Crippen molar-refractivity contribution in [3.05, 3.63) is 23.5 Å². The summed E-state index contributed by atoms with van der Waals surface area (Å²) >= 11 is 0. The van der Waals surface area contributed by atoms with E-state index in [1.807, 2.05) is 4.90 Å². The molecule has 1 N–H and O–H groups in total. The van der Waals surface area contributed by atoms with Crippen molar-refractivity contribution >= 4 is 12.2 Å². The molecule has 2 fully saturated rings. The van der Waals surface area contributed by atoms with Gasteiger partial charge in [0.05, 0.1) is 5.69 Å². The highest BCUT2D eigenvalue weighted by Crippen LogP contribution is 2.52. The summed E-state index contributed by atoms with van der Waals surface area (Å²) in [4.78, 5) is 28.3. The van der Waals surface area contributed by atoms with Gasteiger partial charge >= 0.3 is 0 Å². The number of amides is 1. The molecule has 2 atom stereocenters. The van der Waals surface area contributed by atoms with Gasteiger partial charge in [0, 0.05) is 12.6 Å². The fourth-order valence-electron chi connectivity index (χ4n) is 4.46. The maximum Gasteiger partial charge on any atom is 0.270 e. The number of carbonyl (C=O) groups excluding carboxylic acids is 2. The van der Waals surface area contributed by atoms with Gasteiger partial charge in [-0.1, -0.05) is 20.8 Å². The molecular weight excluding hydrogens is 252 g/mol. The van der Waals surface area contributed by atoms with E-state index in [1.165, 1.54) is 6.42 Å². The first-order valence-corrected chi connectivity index (χ1v) is 7.27. The van der Waals surface area contributed by atoms with E-state index in [9.17, 15) is 9.59 Å². The molecule has 2 aliphatic rings. The average Bonchev–Trinajstić information content (AvgIpc) is 2.89. The fraction of sp³-hybridized carbons (Fsp3) is 0.625. The summed E-state index contributed by atoms with van der Waals surface area (Å²) in [6, 6.07) is 3.70. The summed E-state index contributed by atoms with van der Waals surface area (Å²) in [5, 5.41) is 0. The molecule has 1 aliphatic heterocycles. The van der Waals surface area contributed by atoms with Crippen LogP contribution in [0, 0.1) is 10.8 Å². The van der Waals surface area contributed by atoms with E-state index in [-0.39, 0.29) is 11.3 Å². The largest absolute Gasteiger partial charge is 0.348 e. The summed E-state index contributed by atoms with van der Waals surface area (Å²) in [6.07, 6.45) is 4.08. The predicted octanol–water partition coefficient (Wildman–Crippen LogP) is 2.87. The first-order valence-electron chi connectivity index (χ1n) is 7.27. The molecular formula is C16H22N2O2. The molecule has 1 amide bonds. The van der Waals surface area contributed by atoms with E-state index < -0.39 is 0 Å². The van der Waals surface area contributed by atoms with Crippen molar-refractivity contribution < 1.29 is 9.59 Å². The molecule has 0 radical (unpaired) electrons. The van der Waals surface area contributed by atoms with Gasteiger partial charge in [0.15, 0.2) is 6.29 Å². The maximum atomic E-state index is 12.7. The van der Waals surface area contributed by atoms with Gasteiger partial charge in [0.1, 0.15) is 5.69 Å². The Morgan fingerprint density at radius 3 is 2.75 bits per heavy atom. The van der Waals surface area contributed by atoms with Crippen LogP contribution in [0.25, 0.3) is 0 Å². The lowest BCUT2D eigenvalue weighted by atomic mass is 9.65. The second kappa shape index (κ2) is 4.21. The molecule has 0 aromatic carbocycles. The summed E-state index contributed by atoms with van der Waals surface area (Å²) in [5.41, 5.74) is 1.53. The minimum Gasteiger partial charge on any atom is -0.348 e. The molecule has 1 aliphatic carbocycles. The quantitative estimate of drug-likeness (QED) is 0.843. The standard InChI is InChI=1S/C16H22N2O2/c1-15(2)6-12-7-16(3,9-15)10-18(12)14(20)13-5-4-11(8-19)17-13/h4-5,8,12,17H,6-7,9-10H2,1-3H3. The van der Waals surface area contributed by atoms with Crippen LogP contribution in [-0.2, 0) is 0 Å². The van der Waals surface area contributed by atoms with Crippen LogP contribution in [0.15, 0.2) is 12.1 Å². The molecule has 1 aromatic heterocycles. The van der Waals surface area contributed by atoms with Gasteiger partial charge in [-0.3, -0.25) is 9.59 Å². The highest BCUT2D eigenvalue weighted by molar-refractivity contribution is 5.94. The number of rotatable bonds is 2. The first-order chi connectivity index (χ1) is 9.32. The Balaban J connectivity index is 1.85. The van der Waals surface area contributed by atoms with Gasteiger partial charge in [-0.2, -0.15) is 0 Å². The lowest BCUT2D eigenvalue weighted by molar-refractivity contribution is 0.0703. The maximum absolute atomic E-state index is 12.7. The minimum atomic E-state index is 0.0320. The average molecular weight is 274 g/mol. The normalized spacial score (nSPS) is 31.4. The number of carbonyl (C=O) groups is 2. The molecule has 108 valence electrons. The number of aromatic nitrogens is 1. The molecule has 1 aromatic rings. The molecule has 1 saturated carbocycles. The third-order valence-electron chi connectivity index (χ3n) is 4.74. The van der Waals surface area contributed by atoms with Crippen molar-refractivity contribution in [1.82, 2.24) is 9.88 Å². The van der Waals surface area contributed by atoms with Crippen molar-refractivity contribution in [1.29, 1.82) is 0 Å². The molecule has 2 bridgehead atoms. The molecule has 20 heavy (non-hydrogen) atoms. The molecule has 2 heterocycles. The van der Waals surface area contributed by atoms with Crippen molar-refractivity contribution in [3.63, 3.8) is 0 Å². The van der Waals surface area contributed by atoms with Gasteiger partial charge in [-0.15, -0.1) is 0 Å². The number of likely N-dealkylation sites (tertiary alicyclic amines) is 1. The van der Waals surface area contributed by atoms with Crippen LogP contribution in [0.5, 0.6) is 0 Å². The zero-order chi connectivity index (χ0) is 14.5. The Kier molecular flexibility index (Phi) is 2.82. The molecule has 1 saturated heterocycles. The number of aldehydes is 1. The molecule has 4 heteroatoms. The topological polar surface area (TPSA) is 53.2 Å². The number of nitrogens with zero attached hydrogens (tertiary/aromatic N) is 1. The van der Waals surface area contributed by atoms with E-state index in [4.69, 9.17) is 0 Å². The smallest absolute Gasteiger partial charge is 0.270 e. The first kappa shape index (κ1) is 13.4.